The van der Waals surface area contributed by atoms with Crippen LogP contribution in [0.5, 0.6) is 0 Å². The van der Waals surface area contributed by atoms with Crippen molar-refractivity contribution in [3.63, 3.8) is 0 Å². The van der Waals surface area contributed by atoms with Crippen LogP contribution in [0.25, 0.3) is 5.65 Å². The zero-order chi connectivity index (χ0) is 33.4. The summed E-state index contributed by atoms with van der Waals surface area (Å²) in [7, 11) is 0. The number of aromatic nitrogens is 3. The molecule has 1 atom stereocenters. The number of amides is 3. The van der Waals surface area contributed by atoms with Gasteiger partial charge in [-0.15, -0.1) is 0 Å². The average Bonchev–Trinajstić information content (AvgIpc) is 3.67. The van der Waals surface area contributed by atoms with Crippen LogP contribution in [0.3, 0.4) is 0 Å². The van der Waals surface area contributed by atoms with Gasteiger partial charge in [-0.05, 0) is 73.2 Å². The smallest absolute Gasteiger partial charge is 0.270 e. The van der Waals surface area contributed by atoms with Crippen LogP contribution in [-0.2, 0) is 13.0 Å². The van der Waals surface area contributed by atoms with E-state index in [2.05, 4.69) is 26.0 Å². The Morgan fingerprint density at radius 3 is 2.43 bits per heavy atom. The summed E-state index contributed by atoms with van der Waals surface area (Å²) in [5, 5.41) is 12.2. The molecule has 6 rings (SSSR count). The Hall–Kier alpha value is -5.85. The number of benzene rings is 3. The summed E-state index contributed by atoms with van der Waals surface area (Å²) in [4.78, 5) is 56.7. The largest absolute Gasteiger partial charge is 0.347 e. The molecule has 10 nitrogen and oxygen atoms in total. The van der Waals surface area contributed by atoms with Gasteiger partial charge in [-0.2, -0.15) is 5.10 Å². The highest BCUT2D eigenvalue weighted by atomic mass is 19.2. The molecule has 0 saturated heterocycles. The standard InChI is InChI=1S/C34H27F3N6O4/c1-17-20(18(2)44)8-9-22-21(17)10-12-27(22)41-34(47)30-14-29(33(46)38-15-19-7-11-24(35)26(37)13-19)40-31-23(16-39-43(30)31)32(45)42-28-6-4-3-5-25(28)36/h3-9,11,13-14,16,27H,10,12,15H2,1-2H3,(H,38,46)(H,41,47)(H,42,45)/t27-/m0/s1. The number of nitrogens with one attached hydrogen (secondary N) is 3. The van der Waals surface area contributed by atoms with Crippen LogP contribution in [-0.4, -0.2) is 38.1 Å². The lowest BCUT2D eigenvalue weighted by atomic mass is 9.96. The topological polar surface area (TPSA) is 135 Å². The highest BCUT2D eigenvalue weighted by Crippen LogP contribution is 2.35. The lowest BCUT2D eigenvalue weighted by Crippen LogP contribution is -2.31. The summed E-state index contributed by atoms with van der Waals surface area (Å²) in [6.45, 7) is 3.18. The minimum Gasteiger partial charge on any atom is -0.347 e. The van der Waals surface area contributed by atoms with E-state index in [4.69, 9.17) is 0 Å². The molecule has 0 spiro atoms. The molecule has 2 heterocycles. The molecular formula is C34H27F3N6O4. The van der Waals surface area contributed by atoms with E-state index < -0.39 is 41.2 Å². The Labute approximate surface area is 266 Å². The van der Waals surface area contributed by atoms with Crippen LogP contribution in [0.4, 0.5) is 18.9 Å². The first-order valence-electron chi connectivity index (χ1n) is 14.6. The number of para-hydroxylation sites is 1. The molecule has 0 bridgehead atoms. The van der Waals surface area contributed by atoms with Crippen molar-refractivity contribution in [2.75, 3.05) is 5.32 Å². The molecule has 0 aliphatic heterocycles. The Bertz CT molecular complexity index is 2110. The lowest BCUT2D eigenvalue weighted by molar-refractivity contribution is 0.0926. The maximum Gasteiger partial charge on any atom is 0.270 e. The summed E-state index contributed by atoms with van der Waals surface area (Å²) < 4.78 is 42.5. The van der Waals surface area contributed by atoms with E-state index in [1.807, 2.05) is 13.0 Å². The third kappa shape index (κ3) is 6.07. The van der Waals surface area contributed by atoms with Gasteiger partial charge in [0.05, 0.1) is 17.9 Å². The number of ketones is 1. The van der Waals surface area contributed by atoms with E-state index in [1.54, 1.807) is 6.07 Å². The number of halogens is 3. The molecule has 3 amide bonds. The molecule has 1 aliphatic rings. The summed E-state index contributed by atoms with van der Waals surface area (Å²) in [5.74, 6) is -5.03. The molecule has 0 fully saturated rings. The predicted molar refractivity (Wildman–Crippen MR) is 165 cm³/mol. The summed E-state index contributed by atoms with van der Waals surface area (Å²) in [6.07, 6.45) is 2.35. The number of fused-ring (bicyclic) bond motifs is 2. The van der Waals surface area contributed by atoms with Crippen LogP contribution in [0, 0.1) is 24.4 Å². The summed E-state index contributed by atoms with van der Waals surface area (Å²) in [5.41, 5.74) is 2.80. The van der Waals surface area contributed by atoms with E-state index in [9.17, 15) is 32.3 Å². The Morgan fingerprint density at radius 2 is 1.68 bits per heavy atom. The first-order chi connectivity index (χ1) is 22.5. The molecule has 5 aromatic rings. The molecule has 13 heteroatoms. The van der Waals surface area contributed by atoms with Gasteiger partial charge in [-0.3, -0.25) is 19.2 Å². The molecule has 2 aromatic heterocycles. The maximum absolute atomic E-state index is 14.3. The van der Waals surface area contributed by atoms with E-state index in [-0.39, 0.29) is 46.2 Å². The van der Waals surface area contributed by atoms with Crippen molar-refractivity contribution >= 4 is 34.8 Å². The van der Waals surface area contributed by atoms with Crippen molar-refractivity contribution < 1.29 is 32.3 Å². The number of carbonyl (C=O) groups is 4. The fraction of sp³-hybridized carbons (Fsp3) is 0.176. The molecule has 3 N–H and O–H groups in total. The van der Waals surface area contributed by atoms with E-state index >= 15 is 0 Å². The third-order valence-electron chi connectivity index (χ3n) is 8.12. The summed E-state index contributed by atoms with van der Waals surface area (Å²) in [6, 6.07) is 13.0. The van der Waals surface area contributed by atoms with E-state index in [0.717, 1.165) is 39.5 Å². The second-order valence-electron chi connectivity index (χ2n) is 11.1. The SMILES string of the molecule is CC(=O)c1ccc2c(c1C)CC[C@@H]2NC(=O)c1cc(C(=O)NCc2ccc(F)c(F)c2)nc2c(C(=O)Nc3ccccc3F)cnn12. The lowest BCUT2D eigenvalue weighted by Gasteiger charge is -2.16. The van der Waals surface area contributed by atoms with Gasteiger partial charge < -0.3 is 16.0 Å². The second-order valence-corrected chi connectivity index (χ2v) is 11.1. The van der Waals surface area contributed by atoms with Crippen molar-refractivity contribution in [2.24, 2.45) is 0 Å². The van der Waals surface area contributed by atoms with Gasteiger partial charge in [0, 0.05) is 18.2 Å². The van der Waals surface area contributed by atoms with Crippen molar-refractivity contribution in [1.29, 1.82) is 0 Å². The number of anilines is 1. The van der Waals surface area contributed by atoms with Gasteiger partial charge in [0.15, 0.2) is 23.1 Å². The zero-order valence-corrected chi connectivity index (χ0v) is 25.2. The van der Waals surface area contributed by atoms with Gasteiger partial charge >= 0.3 is 0 Å². The second kappa shape index (κ2) is 12.5. The highest BCUT2D eigenvalue weighted by molar-refractivity contribution is 6.09. The molecule has 1 aliphatic carbocycles. The number of carbonyl (C=O) groups excluding carboxylic acids is 4. The van der Waals surface area contributed by atoms with Crippen molar-refractivity contribution in [3.8, 4) is 0 Å². The van der Waals surface area contributed by atoms with Gasteiger partial charge in [-0.25, -0.2) is 22.7 Å². The minimum absolute atomic E-state index is 0.0548. The highest BCUT2D eigenvalue weighted by Gasteiger charge is 2.29. The third-order valence-corrected chi connectivity index (χ3v) is 8.12. The average molecular weight is 641 g/mol. The van der Waals surface area contributed by atoms with Crippen LogP contribution < -0.4 is 16.0 Å². The van der Waals surface area contributed by atoms with Crippen molar-refractivity contribution in [3.05, 3.63) is 129 Å². The van der Waals surface area contributed by atoms with Crippen molar-refractivity contribution in [1.82, 2.24) is 25.2 Å². The fourth-order valence-corrected chi connectivity index (χ4v) is 5.72. The van der Waals surface area contributed by atoms with Crippen LogP contribution in [0.1, 0.15) is 83.3 Å². The predicted octanol–water partition coefficient (Wildman–Crippen LogP) is 5.26. The van der Waals surface area contributed by atoms with Gasteiger partial charge in [0.25, 0.3) is 17.7 Å². The zero-order valence-electron chi connectivity index (χ0n) is 25.2. The van der Waals surface area contributed by atoms with Crippen LogP contribution in [0.2, 0.25) is 0 Å². The first kappa shape index (κ1) is 31.1. The number of nitrogens with zero attached hydrogens (tertiary/aromatic N) is 3. The summed E-state index contributed by atoms with van der Waals surface area (Å²) >= 11 is 0. The van der Waals surface area contributed by atoms with Crippen molar-refractivity contribution in [2.45, 2.75) is 39.3 Å². The number of rotatable bonds is 8. The molecule has 0 radical (unpaired) electrons. The maximum atomic E-state index is 14.3. The fourth-order valence-electron chi connectivity index (χ4n) is 5.72. The van der Waals surface area contributed by atoms with Gasteiger partial charge in [0.1, 0.15) is 22.8 Å². The normalized spacial score (nSPS) is 13.7. The first-order valence-corrected chi connectivity index (χ1v) is 14.6. The van der Waals surface area contributed by atoms with Gasteiger partial charge in [-0.1, -0.05) is 30.3 Å². The molecule has 47 heavy (non-hydrogen) atoms. The molecule has 238 valence electrons. The Morgan fingerprint density at radius 1 is 0.894 bits per heavy atom. The molecular weight excluding hydrogens is 613 g/mol. The number of hydrogen-bond donors (Lipinski definition) is 3. The Balaban J connectivity index is 1.34. The number of Topliss-reactive ketones (excluding diaryl/α,β-unsaturated/α-hetero) is 1. The van der Waals surface area contributed by atoms with Gasteiger partial charge in [0.2, 0.25) is 0 Å². The Kier molecular flexibility index (Phi) is 8.29. The molecule has 0 saturated carbocycles. The van der Waals surface area contributed by atoms with Crippen LogP contribution >= 0.6 is 0 Å². The van der Waals surface area contributed by atoms with E-state index in [0.29, 0.717) is 18.4 Å². The number of hydrogen-bond acceptors (Lipinski definition) is 6. The monoisotopic (exact) mass is 640 g/mol. The quantitative estimate of drug-likeness (QED) is 0.198. The minimum atomic E-state index is -1.08. The molecule has 3 aromatic carbocycles. The van der Waals surface area contributed by atoms with Crippen LogP contribution in [0.15, 0.2) is 66.9 Å². The molecule has 0 unspecified atom stereocenters. The van der Waals surface area contributed by atoms with E-state index in [1.165, 1.54) is 43.3 Å².